The molecule has 0 spiro atoms. The van der Waals surface area contributed by atoms with E-state index in [-0.39, 0.29) is 0 Å². The van der Waals surface area contributed by atoms with Gasteiger partial charge in [0, 0.05) is 48.3 Å². The van der Waals surface area contributed by atoms with E-state index in [2.05, 4.69) is 132 Å². The lowest BCUT2D eigenvalue weighted by atomic mass is 10.0. The van der Waals surface area contributed by atoms with Gasteiger partial charge in [-0.05, 0) is 47.5 Å². The van der Waals surface area contributed by atoms with E-state index >= 15 is 0 Å². The van der Waals surface area contributed by atoms with E-state index in [1.807, 2.05) is 66.7 Å². The van der Waals surface area contributed by atoms with Gasteiger partial charge in [0.2, 0.25) is 5.95 Å². The van der Waals surface area contributed by atoms with Crippen LogP contribution < -0.4 is 0 Å². The molecule has 0 radical (unpaired) electrons. The Morgan fingerprint density at radius 3 is 1.87 bits per heavy atom. The summed E-state index contributed by atoms with van der Waals surface area (Å²) < 4.78 is 11.3. The molecule has 0 amide bonds. The van der Waals surface area contributed by atoms with Crippen molar-refractivity contribution in [1.29, 1.82) is 0 Å². The van der Waals surface area contributed by atoms with Crippen molar-refractivity contribution in [2.24, 2.45) is 0 Å². The number of benzene rings is 8. The third-order valence-corrected chi connectivity index (χ3v) is 13.1. The summed E-state index contributed by atoms with van der Waals surface area (Å²) in [6, 6.07) is 66.7. The number of rotatable bonds is 6. The molecule has 0 aliphatic heterocycles. The monoisotopic (exact) mass is 824 g/mol. The number of hydrogen-bond acceptors (Lipinski definition) is 7. The Labute approximate surface area is 364 Å². The standard InChI is InChI=1S/C55H32N6OS/c1-4-16-33(17-5-1)36-30-31-44-42(32-36)37-22-10-12-27-43(37)61(44)55-59-52(35-20-8-3-9-21-35)58-54(60-55)41-26-14-24-39-47-40(25-15-28-45(47)62-50(39)41)53-56-48(34-18-6-2-7-19-34)51-49(57-53)38-23-11-13-29-46(38)63-51/h1-32H. The minimum atomic E-state index is 0.505. The van der Waals surface area contributed by atoms with E-state index in [0.29, 0.717) is 29.0 Å². The molecule has 13 aromatic rings. The van der Waals surface area contributed by atoms with Gasteiger partial charge in [0.15, 0.2) is 17.5 Å². The smallest absolute Gasteiger partial charge is 0.238 e. The predicted octanol–water partition coefficient (Wildman–Crippen LogP) is 14.4. The first-order valence-corrected chi connectivity index (χ1v) is 21.7. The minimum Gasteiger partial charge on any atom is -0.455 e. The Morgan fingerprint density at radius 1 is 0.413 bits per heavy atom. The number of fused-ring (bicyclic) bond motifs is 9. The van der Waals surface area contributed by atoms with E-state index in [0.717, 1.165) is 92.8 Å². The summed E-state index contributed by atoms with van der Waals surface area (Å²) in [5, 5.41) is 5.21. The molecule has 0 atom stereocenters. The van der Waals surface area contributed by atoms with E-state index in [4.69, 9.17) is 29.3 Å². The Kier molecular flexibility index (Phi) is 7.94. The fourth-order valence-electron chi connectivity index (χ4n) is 9.01. The number of para-hydroxylation sites is 2. The van der Waals surface area contributed by atoms with Gasteiger partial charge >= 0.3 is 0 Å². The van der Waals surface area contributed by atoms with E-state index < -0.39 is 0 Å². The SMILES string of the molecule is c1ccc(-c2ccc3c(c2)c2ccccc2n3-c2nc(-c3ccccc3)nc(-c3cccc4c3oc3cccc(-c5nc(-c6ccccc6)c6sc7ccccc7c6n5)c34)n2)cc1. The molecule has 13 rings (SSSR count). The van der Waals surface area contributed by atoms with Gasteiger partial charge < -0.3 is 4.42 Å². The highest BCUT2D eigenvalue weighted by Gasteiger charge is 2.24. The average Bonchev–Trinajstić information content (AvgIpc) is 4.04. The highest BCUT2D eigenvalue weighted by atomic mass is 32.1. The van der Waals surface area contributed by atoms with Crippen molar-refractivity contribution in [3.63, 3.8) is 0 Å². The van der Waals surface area contributed by atoms with Crippen LogP contribution in [0.15, 0.2) is 199 Å². The van der Waals surface area contributed by atoms with Crippen LogP contribution in [0.3, 0.4) is 0 Å². The summed E-state index contributed by atoms with van der Waals surface area (Å²) in [4.78, 5) is 26.3. The van der Waals surface area contributed by atoms with E-state index in [1.165, 1.54) is 4.70 Å². The maximum Gasteiger partial charge on any atom is 0.238 e. The van der Waals surface area contributed by atoms with Crippen LogP contribution in [0.1, 0.15) is 0 Å². The molecular formula is C55H32N6OS. The first-order valence-electron chi connectivity index (χ1n) is 20.8. The van der Waals surface area contributed by atoms with Gasteiger partial charge in [-0.25, -0.2) is 15.0 Å². The van der Waals surface area contributed by atoms with Crippen LogP contribution >= 0.6 is 11.3 Å². The summed E-state index contributed by atoms with van der Waals surface area (Å²) in [5.41, 5.74) is 11.2. The minimum absolute atomic E-state index is 0.505. The highest BCUT2D eigenvalue weighted by Crippen LogP contribution is 2.43. The second-order valence-corrected chi connectivity index (χ2v) is 16.7. The van der Waals surface area contributed by atoms with Crippen molar-refractivity contribution in [3.05, 3.63) is 194 Å². The summed E-state index contributed by atoms with van der Waals surface area (Å²) in [5.74, 6) is 2.23. The molecule has 0 saturated heterocycles. The number of furan rings is 1. The average molecular weight is 825 g/mol. The molecule has 7 nitrogen and oxygen atoms in total. The first kappa shape index (κ1) is 35.4. The van der Waals surface area contributed by atoms with Gasteiger partial charge in [-0.2, -0.15) is 9.97 Å². The summed E-state index contributed by atoms with van der Waals surface area (Å²) in [7, 11) is 0. The van der Waals surface area contributed by atoms with Crippen LogP contribution in [0.25, 0.3) is 127 Å². The first-order chi connectivity index (χ1) is 31.2. The topological polar surface area (TPSA) is 82.5 Å². The van der Waals surface area contributed by atoms with Crippen molar-refractivity contribution < 1.29 is 4.42 Å². The molecule has 8 aromatic carbocycles. The van der Waals surface area contributed by atoms with Crippen molar-refractivity contribution in [2.75, 3.05) is 0 Å². The second-order valence-electron chi connectivity index (χ2n) is 15.6. The van der Waals surface area contributed by atoms with Crippen LogP contribution in [0, 0.1) is 0 Å². The van der Waals surface area contributed by atoms with Crippen LogP contribution in [0.4, 0.5) is 0 Å². The second kappa shape index (κ2) is 14.1. The van der Waals surface area contributed by atoms with Gasteiger partial charge in [0.1, 0.15) is 11.2 Å². The summed E-state index contributed by atoms with van der Waals surface area (Å²) >= 11 is 1.73. The van der Waals surface area contributed by atoms with Gasteiger partial charge in [0.25, 0.3) is 0 Å². The molecule has 0 bridgehead atoms. The zero-order chi connectivity index (χ0) is 41.4. The van der Waals surface area contributed by atoms with Crippen molar-refractivity contribution in [1.82, 2.24) is 29.5 Å². The van der Waals surface area contributed by atoms with Crippen molar-refractivity contribution >= 4 is 75.4 Å². The molecule has 0 unspecified atom stereocenters. The van der Waals surface area contributed by atoms with Gasteiger partial charge in [-0.1, -0.05) is 158 Å². The Balaban J connectivity index is 1.04. The van der Waals surface area contributed by atoms with Crippen molar-refractivity contribution in [2.45, 2.75) is 0 Å². The number of nitrogens with zero attached hydrogens (tertiary/aromatic N) is 6. The molecule has 0 N–H and O–H groups in total. The third-order valence-electron chi connectivity index (χ3n) is 11.9. The molecular weight excluding hydrogens is 793 g/mol. The van der Waals surface area contributed by atoms with Crippen LogP contribution in [-0.2, 0) is 0 Å². The molecule has 8 heteroatoms. The maximum absolute atomic E-state index is 6.87. The lowest BCUT2D eigenvalue weighted by Crippen LogP contribution is -2.06. The molecule has 294 valence electrons. The molecule has 5 aromatic heterocycles. The maximum atomic E-state index is 6.87. The lowest BCUT2D eigenvalue weighted by Gasteiger charge is -2.11. The van der Waals surface area contributed by atoms with Gasteiger partial charge in [-0.3, -0.25) is 4.57 Å². The van der Waals surface area contributed by atoms with Crippen LogP contribution in [-0.4, -0.2) is 29.5 Å². The van der Waals surface area contributed by atoms with E-state index in [9.17, 15) is 0 Å². The predicted molar refractivity (Wildman–Crippen MR) is 257 cm³/mol. The quantitative estimate of drug-likeness (QED) is 0.166. The third kappa shape index (κ3) is 5.69. The Hall–Kier alpha value is -8.33. The van der Waals surface area contributed by atoms with E-state index in [1.54, 1.807) is 11.3 Å². The Bertz CT molecular complexity index is 3910. The molecule has 0 aliphatic rings. The largest absolute Gasteiger partial charge is 0.455 e. The zero-order valence-electron chi connectivity index (χ0n) is 33.5. The van der Waals surface area contributed by atoms with Crippen LogP contribution in [0.5, 0.6) is 0 Å². The van der Waals surface area contributed by atoms with Crippen molar-refractivity contribution in [3.8, 4) is 62.5 Å². The Morgan fingerprint density at radius 2 is 1.05 bits per heavy atom. The highest BCUT2D eigenvalue weighted by molar-refractivity contribution is 7.26. The van der Waals surface area contributed by atoms with Gasteiger partial charge in [0.05, 0.1) is 32.5 Å². The molecule has 0 saturated carbocycles. The van der Waals surface area contributed by atoms with Crippen LogP contribution in [0.2, 0.25) is 0 Å². The fraction of sp³-hybridized carbons (Fsp3) is 0. The van der Waals surface area contributed by atoms with Gasteiger partial charge in [-0.15, -0.1) is 11.3 Å². The lowest BCUT2D eigenvalue weighted by molar-refractivity contribution is 0.669. The normalized spacial score (nSPS) is 11.8. The molecule has 0 aliphatic carbocycles. The number of hydrogen-bond donors (Lipinski definition) is 0. The molecule has 5 heterocycles. The number of thiophene rings is 1. The fourth-order valence-corrected chi connectivity index (χ4v) is 10.2. The molecule has 0 fully saturated rings. The molecule has 63 heavy (non-hydrogen) atoms. The number of aromatic nitrogens is 6. The summed E-state index contributed by atoms with van der Waals surface area (Å²) in [6.07, 6.45) is 0. The summed E-state index contributed by atoms with van der Waals surface area (Å²) in [6.45, 7) is 0. The zero-order valence-corrected chi connectivity index (χ0v) is 34.3.